The third-order valence-corrected chi connectivity index (χ3v) is 3.39. The van der Waals surface area contributed by atoms with E-state index in [4.69, 9.17) is 9.47 Å². The smallest absolute Gasteiger partial charge is 0.319 e. The molecule has 0 spiro atoms. The van der Waals surface area contributed by atoms with E-state index in [1.165, 1.54) is 4.90 Å². The third kappa shape index (κ3) is 5.61. The van der Waals surface area contributed by atoms with E-state index in [1.54, 1.807) is 0 Å². The van der Waals surface area contributed by atoms with Gasteiger partial charge in [-0.25, -0.2) is 4.79 Å². The van der Waals surface area contributed by atoms with Gasteiger partial charge >= 0.3 is 6.03 Å². The number of ether oxygens (including phenoxy) is 2. The number of rotatable bonds is 6. The van der Waals surface area contributed by atoms with Gasteiger partial charge in [-0.15, -0.1) is 0 Å². The van der Waals surface area contributed by atoms with Gasteiger partial charge in [-0.1, -0.05) is 0 Å². The summed E-state index contributed by atoms with van der Waals surface area (Å²) < 4.78 is 10.7. The summed E-state index contributed by atoms with van der Waals surface area (Å²) >= 11 is 0. The van der Waals surface area contributed by atoms with E-state index < -0.39 is 0 Å². The van der Waals surface area contributed by atoms with Crippen molar-refractivity contribution in [1.29, 1.82) is 0 Å². The van der Waals surface area contributed by atoms with Crippen LogP contribution in [0.5, 0.6) is 5.75 Å². The van der Waals surface area contributed by atoms with Crippen molar-refractivity contribution in [2.75, 3.05) is 51.3 Å². The summed E-state index contributed by atoms with van der Waals surface area (Å²) in [4.78, 5) is 13.3. The normalized spacial score (nSPS) is 15.5. The van der Waals surface area contributed by atoms with E-state index in [-0.39, 0.29) is 6.03 Å². The first-order chi connectivity index (χ1) is 10.3. The highest BCUT2D eigenvalue weighted by Gasteiger charge is 2.13. The van der Waals surface area contributed by atoms with E-state index in [9.17, 15) is 4.79 Å². The molecule has 2 amide bonds. The van der Waals surface area contributed by atoms with Crippen molar-refractivity contribution >= 4 is 11.7 Å². The van der Waals surface area contributed by atoms with Crippen LogP contribution in [-0.2, 0) is 4.74 Å². The molecule has 0 aliphatic carbocycles. The number of hydrogen-bond donors (Lipinski definition) is 3. The molecule has 1 aliphatic rings. The zero-order chi connectivity index (χ0) is 14.9. The highest BCUT2D eigenvalue weighted by Crippen LogP contribution is 2.15. The summed E-state index contributed by atoms with van der Waals surface area (Å²) in [5, 5.41) is 5.68. The highest BCUT2D eigenvalue weighted by atomic mass is 16.5. The minimum Gasteiger partial charge on any atom is -0.494 e. The second-order valence-electron chi connectivity index (χ2n) is 4.95. The average molecular weight is 294 g/mol. The number of carbonyl (C=O) groups is 1. The molecule has 116 valence electrons. The van der Waals surface area contributed by atoms with Crippen LogP contribution in [0.3, 0.4) is 0 Å². The summed E-state index contributed by atoms with van der Waals surface area (Å²) in [6.45, 7) is 7.83. The van der Waals surface area contributed by atoms with Gasteiger partial charge in [-0.2, -0.15) is 0 Å². The first kappa shape index (κ1) is 15.6. The zero-order valence-corrected chi connectivity index (χ0v) is 12.5. The van der Waals surface area contributed by atoms with E-state index in [0.29, 0.717) is 13.2 Å². The molecule has 0 atom stereocenters. The Morgan fingerprint density at radius 2 is 2.00 bits per heavy atom. The molecule has 1 fully saturated rings. The Balaban J connectivity index is 1.66. The summed E-state index contributed by atoms with van der Waals surface area (Å²) in [6.07, 6.45) is 0. The van der Waals surface area contributed by atoms with Crippen molar-refractivity contribution in [3.63, 3.8) is 0 Å². The minimum atomic E-state index is -0.174. The third-order valence-electron chi connectivity index (χ3n) is 3.39. The Bertz CT molecular complexity index is 430. The molecule has 0 aromatic heterocycles. The Hall–Kier alpha value is -1.79. The average Bonchev–Trinajstić information content (AvgIpc) is 2.51. The molecule has 0 unspecified atom stereocenters. The Labute approximate surface area is 125 Å². The summed E-state index contributed by atoms with van der Waals surface area (Å²) in [5.41, 5.74) is 0.759. The van der Waals surface area contributed by atoms with Gasteiger partial charge < -0.3 is 25.0 Å². The van der Waals surface area contributed by atoms with Crippen LogP contribution >= 0.6 is 0 Å². The van der Waals surface area contributed by atoms with Crippen LogP contribution in [0.1, 0.15) is 6.92 Å². The Morgan fingerprint density at radius 1 is 1.29 bits per heavy atom. The van der Waals surface area contributed by atoms with Crippen LogP contribution in [0.25, 0.3) is 0 Å². The number of nitrogens with one attached hydrogen (secondary N) is 3. The van der Waals surface area contributed by atoms with Crippen molar-refractivity contribution < 1.29 is 19.2 Å². The first-order valence-electron chi connectivity index (χ1n) is 7.47. The maximum Gasteiger partial charge on any atom is 0.319 e. The predicted octanol–water partition coefficient (Wildman–Crippen LogP) is 0.122. The fourth-order valence-corrected chi connectivity index (χ4v) is 2.24. The van der Waals surface area contributed by atoms with Crippen molar-refractivity contribution in [2.45, 2.75) is 6.92 Å². The van der Waals surface area contributed by atoms with Gasteiger partial charge in [-0.05, 0) is 31.2 Å². The van der Waals surface area contributed by atoms with E-state index >= 15 is 0 Å². The lowest BCUT2D eigenvalue weighted by atomic mass is 10.3. The lowest BCUT2D eigenvalue weighted by Crippen LogP contribution is -3.14. The fraction of sp³-hybridized carbons (Fsp3) is 0.533. The molecular weight excluding hydrogens is 270 g/mol. The highest BCUT2D eigenvalue weighted by molar-refractivity contribution is 5.89. The van der Waals surface area contributed by atoms with Crippen LogP contribution in [0.4, 0.5) is 10.5 Å². The van der Waals surface area contributed by atoms with Crippen molar-refractivity contribution in [1.82, 2.24) is 5.32 Å². The second kappa shape index (κ2) is 8.49. The van der Waals surface area contributed by atoms with Gasteiger partial charge in [0.15, 0.2) is 0 Å². The number of anilines is 1. The summed E-state index contributed by atoms with van der Waals surface area (Å²) in [7, 11) is 0. The van der Waals surface area contributed by atoms with Gasteiger partial charge in [0.2, 0.25) is 0 Å². The second-order valence-corrected chi connectivity index (χ2v) is 4.95. The first-order valence-corrected chi connectivity index (χ1v) is 7.47. The molecule has 6 heteroatoms. The molecule has 6 nitrogen and oxygen atoms in total. The minimum absolute atomic E-state index is 0.174. The SMILES string of the molecule is CCOc1ccc(NC(=O)NCC[NH+]2CCOCC2)cc1. The van der Waals surface area contributed by atoms with Gasteiger partial charge in [0, 0.05) is 5.69 Å². The zero-order valence-electron chi connectivity index (χ0n) is 12.5. The molecule has 3 N–H and O–H groups in total. The molecule has 2 rings (SSSR count). The van der Waals surface area contributed by atoms with Crippen LogP contribution in [-0.4, -0.2) is 52.0 Å². The van der Waals surface area contributed by atoms with Crippen LogP contribution < -0.4 is 20.3 Å². The molecule has 0 saturated carbocycles. The predicted molar refractivity (Wildman–Crippen MR) is 81.0 cm³/mol. The van der Waals surface area contributed by atoms with E-state index in [0.717, 1.165) is 44.3 Å². The topological polar surface area (TPSA) is 64.0 Å². The maximum absolute atomic E-state index is 11.8. The van der Waals surface area contributed by atoms with E-state index in [1.807, 2.05) is 31.2 Å². The molecule has 1 heterocycles. The molecule has 1 aliphatic heterocycles. The van der Waals surface area contributed by atoms with Crippen LogP contribution in [0.15, 0.2) is 24.3 Å². The van der Waals surface area contributed by atoms with Gasteiger partial charge in [0.25, 0.3) is 0 Å². The largest absolute Gasteiger partial charge is 0.494 e. The number of urea groups is 1. The molecule has 1 aromatic rings. The van der Waals surface area contributed by atoms with Gasteiger partial charge in [-0.3, -0.25) is 0 Å². The lowest BCUT2D eigenvalue weighted by molar-refractivity contribution is -0.906. The summed E-state index contributed by atoms with van der Waals surface area (Å²) in [6, 6.07) is 7.18. The molecule has 0 radical (unpaired) electrons. The van der Waals surface area contributed by atoms with Crippen molar-refractivity contribution in [3.8, 4) is 5.75 Å². The monoisotopic (exact) mass is 294 g/mol. The number of hydrogen-bond acceptors (Lipinski definition) is 3. The van der Waals surface area contributed by atoms with Crippen molar-refractivity contribution in [2.24, 2.45) is 0 Å². The Kier molecular flexibility index (Phi) is 6.30. The van der Waals surface area contributed by atoms with Gasteiger partial charge in [0.1, 0.15) is 18.8 Å². The number of quaternary nitrogens is 1. The molecule has 1 saturated heterocycles. The number of benzene rings is 1. The van der Waals surface area contributed by atoms with E-state index in [2.05, 4.69) is 10.6 Å². The number of amides is 2. The quantitative estimate of drug-likeness (QED) is 0.698. The maximum atomic E-state index is 11.8. The van der Waals surface area contributed by atoms with Crippen LogP contribution in [0, 0.1) is 0 Å². The summed E-state index contributed by atoms with van der Waals surface area (Å²) in [5.74, 6) is 0.805. The fourth-order valence-electron chi connectivity index (χ4n) is 2.24. The van der Waals surface area contributed by atoms with Crippen LogP contribution in [0.2, 0.25) is 0 Å². The number of carbonyl (C=O) groups excluding carboxylic acids is 1. The molecule has 0 bridgehead atoms. The van der Waals surface area contributed by atoms with Crippen molar-refractivity contribution in [3.05, 3.63) is 24.3 Å². The molecular formula is C15H24N3O3+. The molecule has 21 heavy (non-hydrogen) atoms. The Morgan fingerprint density at radius 3 is 2.67 bits per heavy atom. The lowest BCUT2D eigenvalue weighted by Gasteiger charge is -2.23. The van der Waals surface area contributed by atoms with Gasteiger partial charge in [0.05, 0.1) is 32.9 Å². The molecule has 1 aromatic carbocycles. The number of morpholine rings is 1. The standard InChI is InChI=1S/C15H23N3O3/c1-2-21-14-5-3-13(4-6-14)17-15(19)16-7-8-18-9-11-20-12-10-18/h3-6H,2,7-12H2,1H3,(H2,16,17,19)/p+1.